The first-order valence-electron chi connectivity index (χ1n) is 12.0. The van der Waals surface area contributed by atoms with Crippen LogP contribution in [0.15, 0.2) is 72.8 Å². The van der Waals surface area contributed by atoms with Crippen LogP contribution in [0.2, 0.25) is 0 Å². The number of benzene rings is 3. The van der Waals surface area contributed by atoms with E-state index in [1.807, 2.05) is 24.3 Å². The fourth-order valence-corrected chi connectivity index (χ4v) is 4.43. The van der Waals surface area contributed by atoms with E-state index < -0.39 is 29.7 Å². The molecule has 0 spiro atoms. The van der Waals surface area contributed by atoms with Crippen molar-refractivity contribution in [2.45, 2.75) is 44.8 Å². The van der Waals surface area contributed by atoms with E-state index in [1.54, 1.807) is 45.0 Å². The number of ether oxygens (including phenoxy) is 2. The Morgan fingerprint density at radius 3 is 1.97 bits per heavy atom. The number of amides is 1. The van der Waals surface area contributed by atoms with Gasteiger partial charge in [-0.25, -0.2) is 25.2 Å². The lowest BCUT2D eigenvalue weighted by atomic mass is 9.98. The maximum Gasteiger partial charge on any atom is 0.425 e. The molecule has 1 aliphatic carbocycles. The van der Waals surface area contributed by atoms with Gasteiger partial charge in [0.25, 0.3) is 0 Å². The third kappa shape index (κ3) is 5.81. The standard InChI is InChI=1S/C29H30N2O6/c1-29(2,3)37-28(35)31(30)25(26(32)33)16-18-12-14-19(15-13-18)27(34)36-17-24-22-10-6-4-8-20(22)21-9-5-7-11-23(21)24/h4-15,24-25H,16-17,30H2,1-3H3,(H,32,33)/t25-/m0/s1. The molecule has 0 unspecified atom stereocenters. The Morgan fingerprint density at radius 1 is 0.919 bits per heavy atom. The van der Waals surface area contributed by atoms with Gasteiger partial charge in [0, 0.05) is 12.3 Å². The van der Waals surface area contributed by atoms with Crippen LogP contribution in [0.25, 0.3) is 11.1 Å². The number of fused-ring (bicyclic) bond motifs is 3. The summed E-state index contributed by atoms with van der Waals surface area (Å²) >= 11 is 0. The highest BCUT2D eigenvalue weighted by molar-refractivity contribution is 5.89. The first-order chi connectivity index (χ1) is 17.5. The molecule has 1 atom stereocenters. The molecular formula is C29H30N2O6. The Labute approximate surface area is 215 Å². The third-order valence-corrected chi connectivity index (χ3v) is 6.19. The molecule has 0 aliphatic heterocycles. The Kier molecular flexibility index (Phi) is 7.31. The fourth-order valence-electron chi connectivity index (χ4n) is 4.43. The highest BCUT2D eigenvalue weighted by atomic mass is 16.6. The van der Waals surface area contributed by atoms with E-state index in [0.29, 0.717) is 16.1 Å². The lowest BCUT2D eigenvalue weighted by molar-refractivity contribution is -0.143. The lowest BCUT2D eigenvalue weighted by Crippen LogP contribution is -2.52. The largest absolute Gasteiger partial charge is 0.480 e. The second kappa shape index (κ2) is 10.4. The average molecular weight is 503 g/mol. The molecular weight excluding hydrogens is 472 g/mol. The number of hydrogen-bond acceptors (Lipinski definition) is 6. The number of rotatable bonds is 7. The van der Waals surface area contributed by atoms with Crippen LogP contribution in [0.4, 0.5) is 4.79 Å². The molecule has 3 aromatic carbocycles. The Balaban J connectivity index is 1.41. The summed E-state index contributed by atoms with van der Waals surface area (Å²) in [7, 11) is 0. The maximum atomic E-state index is 12.8. The van der Waals surface area contributed by atoms with Crippen LogP contribution < -0.4 is 5.84 Å². The summed E-state index contributed by atoms with van der Waals surface area (Å²) < 4.78 is 10.8. The van der Waals surface area contributed by atoms with Gasteiger partial charge in [-0.05, 0) is 60.7 Å². The van der Waals surface area contributed by atoms with Gasteiger partial charge < -0.3 is 14.6 Å². The SMILES string of the molecule is CC(C)(C)OC(=O)N(N)[C@@H](Cc1ccc(C(=O)OCC2c3ccccc3-c3ccccc32)cc1)C(=O)O. The molecule has 0 fully saturated rings. The highest BCUT2D eigenvalue weighted by Gasteiger charge is 2.32. The molecule has 4 rings (SSSR count). The minimum Gasteiger partial charge on any atom is -0.480 e. The van der Waals surface area contributed by atoms with E-state index in [0.717, 1.165) is 22.3 Å². The molecule has 8 heteroatoms. The summed E-state index contributed by atoms with van der Waals surface area (Å²) in [6.45, 7) is 5.19. The number of hydrazine groups is 1. The number of nitrogens with two attached hydrogens (primary N) is 1. The molecule has 3 aromatic rings. The zero-order chi connectivity index (χ0) is 26.7. The van der Waals surface area contributed by atoms with Gasteiger partial charge in [0.15, 0.2) is 6.04 Å². The Morgan fingerprint density at radius 2 is 1.46 bits per heavy atom. The monoisotopic (exact) mass is 502 g/mol. The van der Waals surface area contributed by atoms with E-state index in [-0.39, 0.29) is 18.9 Å². The minimum atomic E-state index is -1.34. The molecule has 192 valence electrons. The van der Waals surface area contributed by atoms with Crippen LogP contribution in [0.1, 0.15) is 53.7 Å². The number of nitrogens with zero attached hydrogens (tertiary/aromatic N) is 1. The van der Waals surface area contributed by atoms with E-state index in [4.69, 9.17) is 15.3 Å². The van der Waals surface area contributed by atoms with Crippen molar-refractivity contribution in [2.24, 2.45) is 5.84 Å². The van der Waals surface area contributed by atoms with Crippen LogP contribution in [0, 0.1) is 0 Å². The lowest BCUT2D eigenvalue weighted by Gasteiger charge is -2.28. The van der Waals surface area contributed by atoms with Gasteiger partial charge in [-0.15, -0.1) is 0 Å². The second-order valence-corrected chi connectivity index (χ2v) is 9.97. The summed E-state index contributed by atoms with van der Waals surface area (Å²) in [5.41, 5.74) is 4.66. The second-order valence-electron chi connectivity index (χ2n) is 9.97. The van der Waals surface area contributed by atoms with E-state index >= 15 is 0 Å². The molecule has 0 saturated heterocycles. The van der Waals surface area contributed by atoms with Gasteiger partial charge in [-0.1, -0.05) is 60.7 Å². The Bertz CT molecular complexity index is 1270. The number of carbonyl (C=O) groups is 3. The first-order valence-corrected chi connectivity index (χ1v) is 12.0. The summed E-state index contributed by atoms with van der Waals surface area (Å²) in [6.07, 6.45) is -0.995. The molecule has 3 N–H and O–H groups in total. The summed E-state index contributed by atoms with van der Waals surface area (Å²) in [5.74, 6) is 3.98. The molecule has 0 radical (unpaired) electrons. The van der Waals surface area contributed by atoms with Crippen LogP contribution >= 0.6 is 0 Å². The van der Waals surface area contributed by atoms with Crippen molar-refractivity contribution >= 4 is 18.0 Å². The van der Waals surface area contributed by atoms with Crippen molar-refractivity contribution in [1.82, 2.24) is 5.01 Å². The predicted octanol–water partition coefficient (Wildman–Crippen LogP) is 4.76. The van der Waals surface area contributed by atoms with Crippen LogP contribution in [-0.2, 0) is 20.7 Å². The van der Waals surface area contributed by atoms with Gasteiger partial charge in [0.05, 0.1) is 5.56 Å². The topological polar surface area (TPSA) is 119 Å². The van der Waals surface area contributed by atoms with Crippen molar-refractivity contribution < 1.29 is 29.0 Å². The molecule has 0 heterocycles. The van der Waals surface area contributed by atoms with Crippen molar-refractivity contribution in [2.75, 3.05) is 6.61 Å². The molecule has 0 aromatic heterocycles. The third-order valence-electron chi connectivity index (χ3n) is 6.19. The normalized spacial score (nSPS) is 13.3. The Hall–Kier alpha value is -4.17. The molecule has 8 nitrogen and oxygen atoms in total. The van der Waals surface area contributed by atoms with Gasteiger partial charge in [-0.2, -0.15) is 0 Å². The first kappa shape index (κ1) is 25.9. The van der Waals surface area contributed by atoms with Crippen molar-refractivity contribution in [1.29, 1.82) is 0 Å². The van der Waals surface area contributed by atoms with Gasteiger partial charge in [0.1, 0.15) is 12.2 Å². The quantitative estimate of drug-likeness (QED) is 0.207. The van der Waals surface area contributed by atoms with Gasteiger partial charge >= 0.3 is 18.0 Å². The molecule has 1 amide bonds. The number of hydrogen-bond donors (Lipinski definition) is 2. The van der Waals surface area contributed by atoms with Crippen LogP contribution in [-0.4, -0.2) is 46.4 Å². The molecule has 37 heavy (non-hydrogen) atoms. The van der Waals surface area contributed by atoms with Gasteiger partial charge in [0.2, 0.25) is 0 Å². The minimum absolute atomic E-state index is 0.0460. The smallest absolute Gasteiger partial charge is 0.425 e. The summed E-state index contributed by atoms with van der Waals surface area (Å²) in [6, 6.07) is 21.3. The zero-order valence-corrected chi connectivity index (χ0v) is 21.0. The number of esters is 1. The van der Waals surface area contributed by atoms with Crippen molar-refractivity contribution in [3.8, 4) is 11.1 Å². The van der Waals surface area contributed by atoms with Crippen LogP contribution in [0.5, 0.6) is 0 Å². The zero-order valence-electron chi connectivity index (χ0n) is 21.0. The van der Waals surface area contributed by atoms with Crippen molar-refractivity contribution in [3.63, 3.8) is 0 Å². The molecule has 0 saturated carbocycles. The van der Waals surface area contributed by atoms with E-state index in [9.17, 15) is 19.5 Å². The highest BCUT2D eigenvalue weighted by Crippen LogP contribution is 2.44. The van der Waals surface area contributed by atoms with E-state index in [1.165, 1.54) is 0 Å². The molecule has 0 bridgehead atoms. The number of carbonyl (C=O) groups excluding carboxylic acids is 2. The predicted molar refractivity (Wildman–Crippen MR) is 138 cm³/mol. The average Bonchev–Trinajstić information content (AvgIpc) is 3.18. The summed E-state index contributed by atoms with van der Waals surface area (Å²) in [5, 5.41) is 10.2. The van der Waals surface area contributed by atoms with Crippen molar-refractivity contribution in [3.05, 3.63) is 95.1 Å². The van der Waals surface area contributed by atoms with Crippen LogP contribution in [0.3, 0.4) is 0 Å². The molecule has 1 aliphatic rings. The number of carboxylic acid groups (broad SMARTS) is 1. The fraction of sp³-hybridized carbons (Fsp3) is 0.276. The number of carboxylic acids is 1. The number of aliphatic carboxylic acids is 1. The van der Waals surface area contributed by atoms with E-state index in [2.05, 4.69) is 24.3 Å². The summed E-state index contributed by atoms with van der Waals surface area (Å²) in [4.78, 5) is 36.8. The van der Waals surface area contributed by atoms with Gasteiger partial charge in [-0.3, -0.25) is 0 Å². The maximum absolute atomic E-state index is 12.8.